The minimum atomic E-state index is -3.48. The third-order valence-electron chi connectivity index (χ3n) is 3.58. The van der Waals surface area contributed by atoms with Gasteiger partial charge in [-0.1, -0.05) is 41.9 Å². The maximum atomic E-state index is 12.1. The van der Waals surface area contributed by atoms with E-state index in [1.807, 2.05) is 24.3 Å². The van der Waals surface area contributed by atoms with Crippen molar-refractivity contribution in [2.24, 2.45) is 4.99 Å². The van der Waals surface area contributed by atoms with Crippen LogP contribution in [0.4, 0.5) is 0 Å². The molecule has 0 aliphatic carbocycles. The number of hydrogen-bond acceptors (Lipinski definition) is 3. The zero-order valence-electron chi connectivity index (χ0n) is 15.0. The van der Waals surface area contributed by atoms with Crippen LogP contribution < -0.4 is 15.4 Å². The Morgan fingerprint density at radius 3 is 2.37 bits per heavy atom. The van der Waals surface area contributed by atoms with E-state index >= 15 is 0 Å². The lowest BCUT2D eigenvalue weighted by molar-refractivity contribution is 0.580. The Labute approximate surface area is 182 Å². The molecule has 9 heteroatoms. The topological polar surface area (TPSA) is 82.6 Å². The molecule has 0 fully saturated rings. The Bertz CT molecular complexity index is 832. The van der Waals surface area contributed by atoms with Gasteiger partial charge < -0.3 is 10.6 Å². The van der Waals surface area contributed by atoms with E-state index in [1.165, 1.54) is 0 Å². The van der Waals surface area contributed by atoms with Gasteiger partial charge in [-0.25, -0.2) is 13.1 Å². The Kier molecular flexibility index (Phi) is 10.7. The molecule has 2 aromatic rings. The van der Waals surface area contributed by atoms with Crippen molar-refractivity contribution >= 4 is 51.6 Å². The molecule has 0 heterocycles. The Balaban J connectivity index is 0.00000364. The number of benzene rings is 2. The largest absolute Gasteiger partial charge is 0.356 e. The summed E-state index contributed by atoms with van der Waals surface area (Å²) in [4.78, 5) is 4.37. The van der Waals surface area contributed by atoms with Crippen molar-refractivity contribution in [2.45, 2.75) is 11.3 Å². The van der Waals surface area contributed by atoms with Crippen molar-refractivity contribution in [3.05, 3.63) is 65.2 Å². The normalized spacial score (nSPS) is 11.6. The van der Waals surface area contributed by atoms with Gasteiger partial charge >= 0.3 is 0 Å². The second-order valence-corrected chi connectivity index (χ2v) is 7.72. The Morgan fingerprint density at radius 2 is 1.70 bits per heavy atom. The molecule has 0 saturated heterocycles. The summed E-state index contributed by atoms with van der Waals surface area (Å²) >= 11 is 5.97. The molecule has 0 aromatic heterocycles. The fraction of sp³-hybridized carbons (Fsp3) is 0.278. The number of guanidine groups is 1. The van der Waals surface area contributed by atoms with Crippen molar-refractivity contribution in [1.29, 1.82) is 0 Å². The van der Waals surface area contributed by atoms with Crippen molar-refractivity contribution in [3.8, 4) is 0 Å². The van der Waals surface area contributed by atoms with Crippen molar-refractivity contribution < 1.29 is 8.42 Å². The van der Waals surface area contributed by atoms with Crippen LogP contribution in [-0.4, -0.2) is 41.1 Å². The zero-order chi connectivity index (χ0) is 18.8. The van der Waals surface area contributed by atoms with Crippen LogP contribution in [0.15, 0.2) is 64.5 Å². The molecule has 3 N–H and O–H groups in total. The average molecular weight is 523 g/mol. The molecule has 0 amide bonds. The molecule has 0 radical (unpaired) electrons. The van der Waals surface area contributed by atoms with E-state index in [0.717, 1.165) is 17.0 Å². The van der Waals surface area contributed by atoms with Crippen LogP contribution >= 0.6 is 35.6 Å². The molecule has 27 heavy (non-hydrogen) atoms. The second kappa shape index (κ2) is 12.2. The number of nitrogens with one attached hydrogen (secondary N) is 3. The SMILES string of the molecule is CN=C(NCCNS(=O)(=O)c1ccccc1)NCCc1cccc(Cl)c1.I. The van der Waals surface area contributed by atoms with E-state index in [2.05, 4.69) is 20.3 Å². The van der Waals surface area contributed by atoms with Gasteiger partial charge in [0.2, 0.25) is 10.0 Å². The van der Waals surface area contributed by atoms with Crippen molar-refractivity contribution in [3.63, 3.8) is 0 Å². The van der Waals surface area contributed by atoms with E-state index < -0.39 is 10.0 Å². The Morgan fingerprint density at radius 1 is 1.00 bits per heavy atom. The van der Waals surface area contributed by atoms with Gasteiger partial charge in [0.1, 0.15) is 0 Å². The van der Waals surface area contributed by atoms with Gasteiger partial charge in [-0.3, -0.25) is 4.99 Å². The lowest BCUT2D eigenvalue weighted by Crippen LogP contribution is -2.42. The standard InChI is InChI=1S/C18H23ClN4O2S.HI/c1-20-18(21-11-10-15-6-5-7-16(19)14-15)22-12-13-23-26(24,25)17-8-3-2-4-9-17;/h2-9,14,23H,10-13H2,1H3,(H2,20,21,22);1H. The van der Waals surface area contributed by atoms with Gasteiger partial charge in [0.25, 0.3) is 0 Å². The maximum Gasteiger partial charge on any atom is 0.240 e. The van der Waals surface area contributed by atoms with Gasteiger partial charge in [0, 0.05) is 31.7 Å². The molecule has 2 rings (SSSR count). The van der Waals surface area contributed by atoms with Crippen LogP contribution in [0.3, 0.4) is 0 Å². The van der Waals surface area contributed by atoms with Crippen LogP contribution in [0.5, 0.6) is 0 Å². The molecule has 0 saturated carbocycles. The van der Waals surface area contributed by atoms with Crippen LogP contribution in [0.2, 0.25) is 5.02 Å². The summed E-state index contributed by atoms with van der Waals surface area (Å²) in [6.45, 7) is 1.37. The highest BCUT2D eigenvalue weighted by Gasteiger charge is 2.11. The highest BCUT2D eigenvalue weighted by Crippen LogP contribution is 2.10. The molecule has 0 unspecified atom stereocenters. The van der Waals surface area contributed by atoms with Gasteiger partial charge in [0.05, 0.1) is 4.90 Å². The fourth-order valence-electron chi connectivity index (χ4n) is 2.29. The summed E-state index contributed by atoms with van der Waals surface area (Å²) < 4.78 is 26.8. The summed E-state index contributed by atoms with van der Waals surface area (Å²) in [5, 5.41) is 6.98. The van der Waals surface area contributed by atoms with Crippen LogP contribution in [0.25, 0.3) is 0 Å². The molecule has 0 aliphatic rings. The molecule has 0 aliphatic heterocycles. The molecule has 6 nitrogen and oxygen atoms in total. The van der Waals surface area contributed by atoms with Crippen molar-refractivity contribution in [2.75, 3.05) is 26.7 Å². The van der Waals surface area contributed by atoms with E-state index in [4.69, 9.17) is 11.6 Å². The highest BCUT2D eigenvalue weighted by atomic mass is 127. The quantitative estimate of drug-likeness (QED) is 0.215. The lowest BCUT2D eigenvalue weighted by Gasteiger charge is -2.12. The molecular weight excluding hydrogens is 499 g/mol. The van der Waals surface area contributed by atoms with Crippen LogP contribution in [-0.2, 0) is 16.4 Å². The monoisotopic (exact) mass is 522 g/mol. The number of hydrogen-bond donors (Lipinski definition) is 3. The van der Waals surface area contributed by atoms with Gasteiger partial charge in [-0.15, -0.1) is 24.0 Å². The summed E-state index contributed by atoms with van der Waals surface area (Å²) in [5.41, 5.74) is 1.14. The molecule has 0 atom stereocenters. The third kappa shape index (κ3) is 8.46. The first kappa shape index (κ1) is 23.7. The van der Waals surface area contributed by atoms with Gasteiger partial charge in [-0.05, 0) is 36.2 Å². The smallest absolute Gasteiger partial charge is 0.240 e. The first-order valence-electron chi connectivity index (χ1n) is 8.25. The average Bonchev–Trinajstić information content (AvgIpc) is 2.64. The van der Waals surface area contributed by atoms with Crippen LogP contribution in [0, 0.1) is 0 Å². The number of sulfonamides is 1. The van der Waals surface area contributed by atoms with E-state index in [-0.39, 0.29) is 35.4 Å². The van der Waals surface area contributed by atoms with E-state index in [0.29, 0.717) is 19.0 Å². The minimum Gasteiger partial charge on any atom is -0.356 e. The molecule has 2 aromatic carbocycles. The predicted molar refractivity (Wildman–Crippen MR) is 122 cm³/mol. The summed E-state index contributed by atoms with van der Waals surface area (Å²) in [6.07, 6.45) is 0.807. The second-order valence-electron chi connectivity index (χ2n) is 5.52. The van der Waals surface area contributed by atoms with E-state index in [9.17, 15) is 8.42 Å². The number of aliphatic imine (C=N–C) groups is 1. The Hall–Kier alpha value is -1.36. The molecule has 148 valence electrons. The fourth-order valence-corrected chi connectivity index (χ4v) is 3.55. The number of nitrogens with zero attached hydrogens (tertiary/aromatic N) is 1. The maximum absolute atomic E-state index is 12.1. The third-order valence-corrected chi connectivity index (χ3v) is 5.29. The van der Waals surface area contributed by atoms with Gasteiger partial charge in [0.15, 0.2) is 5.96 Å². The first-order valence-corrected chi connectivity index (χ1v) is 10.1. The van der Waals surface area contributed by atoms with E-state index in [1.54, 1.807) is 37.4 Å². The molecule has 0 spiro atoms. The molecular formula is C18H24ClIN4O2S. The zero-order valence-corrected chi connectivity index (χ0v) is 18.9. The lowest BCUT2D eigenvalue weighted by atomic mass is 10.1. The van der Waals surface area contributed by atoms with Crippen LogP contribution in [0.1, 0.15) is 5.56 Å². The number of halogens is 2. The summed E-state index contributed by atoms with van der Waals surface area (Å²) in [5.74, 6) is 0.617. The first-order chi connectivity index (χ1) is 12.5. The summed E-state index contributed by atoms with van der Waals surface area (Å²) in [7, 11) is -1.82. The molecule has 0 bridgehead atoms. The van der Waals surface area contributed by atoms with Gasteiger partial charge in [-0.2, -0.15) is 0 Å². The van der Waals surface area contributed by atoms with Crippen molar-refractivity contribution in [1.82, 2.24) is 15.4 Å². The highest BCUT2D eigenvalue weighted by molar-refractivity contribution is 14.0. The minimum absolute atomic E-state index is 0. The summed E-state index contributed by atoms with van der Waals surface area (Å²) in [6, 6.07) is 16.0. The predicted octanol–water partition coefficient (Wildman–Crippen LogP) is 2.64. The number of rotatable bonds is 8.